The van der Waals surface area contributed by atoms with Crippen molar-refractivity contribution in [1.82, 2.24) is 14.9 Å². The maximum atomic E-state index is 12.0. The van der Waals surface area contributed by atoms with E-state index in [-0.39, 0.29) is 10.8 Å². The Morgan fingerprint density at radius 1 is 1.33 bits per heavy atom. The normalized spacial score (nSPS) is 14.1. The van der Waals surface area contributed by atoms with Crippen molar-refractivity contribution in [3.8, 4) is 0 Å². The van der Waals surface area contributed by atoms with Crippen molar-refractivity contribution in [1.29, 1.82) is 0 Å². The molecule has 0 aromatic carbocycles. The van der Waals surface area contributed by atoms with Gasteiger partial charge in [0.25, 0.3) is 0 Å². The number of aryl methyl sites for hydroxylation is 1. The van der Waals surface area contributed by atoms with Gasteiger partial charge < -0.3 is 14.8 Å². The van der Waals surface area contributed by atoms with Gasteiger partial charge in [0, 0.05) is 49.9 Å². The Hall–Kier alpha value is -2.15. The fraction of sp³-hybridized carbons (Fsp3) is 0.471. The lowest BCUT2D eigenvalue weighted by Gasteiger charge is -2.16. The van der Waals surface area contributed by atoms with Gasteiger partial charge in [-0.15, -0.1) is 0 Å². The molecule has 0 spiro atoms. The fourth-order valence-corrected chi connectivity index (χ4v) is 3.59. The Balaban J connectivity index is 1.46. The predicted octanol–water partition coefficient (Wildman–Crippen LogP) is 1.92. The molecule has 0 bridgehead atoms. The Bertz CT molecular complexity index is 745. The third-order valence-electron chi connectivity index (χ3n) is 4.27. The van der Waals surface area contributed by atoms with Gasteiger partial charge in [-0.05, 0) is 31.4 Å². The molecule has 0 atom stereocenters. The lowest BCUT2D eigenvalue weighted by atomic mass is 10.2. The first-order valence-electron chi connectivity index (χ1n) is 8.25. The summed E-state index contributed by atoms with van der Waals surface area (Å²) in [5.41, 5.74) is 1.88. The van der Waals surface area contributed by atoms with Crippen LogP contribution in [0.2, 0.25) is 0 Å². The van der Waals surface area contributed by atoms with E-state index in [0.29, 0.717) is 19.5 Å². The maximum Gasteiger partial charge on any atom is 0.307 e. The zero-order valence-corrected chi connectivity index (χ0v) is 14.6. The molecular formula is C17H22N4O2S. The summed E-state index contributed by atoms with van der Waals surface area (Å²) in [4.78, 5) is 30.3. The topological polar surface area (TPSA) is 67.2 Å². The number of carbonyl (C=O) groups is 1. The molecule has 0 saturated carbocycles. The summed E-state index contributed by atoms with van der Waals surface area (Å²) in [6.07, 6.45) is 4.58. The van der Waals surface area contributed by atoms with Crippen molar-refractivity contribution >= 4 is 23.1 Å². The third kappa shape index (κ3) is 4.03. The van der Waals surface area contributed by atoms with Gasteiger partial charge in [-0.1, -0.05) is 17.4 Å². The molecule has 2 aromatic rings. The smallest absolute Gasteiger partial charge is 0.307 e. The number of hydrogen-bond donors (Lipinski definition) is 1. The lowest BCUT2D eigenvalue weighted by molar-refractivity contribution is -0.121. The van der Waals surface area contributed by atoms with E-state index in [2.05, 4.69) is 15.2 Å². The number of thiazole rings is 1. The standard InChI is InChI=1S/C17H22N4O2S/c1-13-12-24-17(23)21(13)9-6-16(22)19-11-14-4-5-15(18-10-14)20-7-2-3-8-20/h4-5,10,12H,2-3,6-9,11H2,1H3,(H,19,22). The van der Waals surface area contributed by atoms with E-state index in [9.17, 15) is 9.59 Å². The second kappa shape index (κ2) is 7.61. The zero-order chi connectivity index (χ0) is 16.9. The van der Waals surface area contributed by atoms with Crippen LogP contribution in [0.3, 0.4) is 0 Å². The molecule has 24 heavy (non-hydrogen) atoms. The Morgan fingerprint density at radius 2 is 2.12 bits per heavy atom. The van der Waals surface area contributed by atoms with Crippen LogP contribution in [0, 0.1) is 6.92 Å². The number of nitrogens with zero attached hydrogens (tertiary/aromatic N) is 3. The van der Waals surface area contributed by atoms with Crippen molar-refractivity contribution in [3.63, 3.8) is 0 Å². The van der Waals surface area contributed by atoms with Crippen LogP contribution in [0.25, 0.3) is 0 Å². The van der Waals surface area contributed by atoms with Crippen LogP contribution < -0.4 is 15.1 Å². The summed E-state index contributed by atoms with van der Waals surface area (Å²) in [7, 11) is 0. The van der Waals surface area contributed by atoms with Gasteiger partial charge in [0.2, 0.25) is 5.91 Å². The number of rotatable bonds is 6. The van der Waals surface area contributed by atoms with Crippen LogP contribution in [0.4, 0.5) is 5.82 Å². The van der Waals surface area contributed by atoms with Crippen LogP contribution in [0.1, 0.15) is 30.5 Å². The van der Waals surface area contributed by atoms with Crippen molar-refractivity contribution in [2.75, 3.05) is 18.0 Å². The molecule has 128 valence electrons. The summed E-state index contributed by atoms with van der Waals surface area (Å²) >= 11 is 1.17. The number of nitrogens with one attached hydrogen (secondary N) is 1. The summed E-state index contributed by atoms with van der Waals surface area (Å²) in [6, 6.07) is 4.02. The van der Waals surface area contributed by atoms with Crippen LogP contribution in [0.5, 0.6) is 0 Å². The monoisotopic (exact) mass is 346 g/mol. The summed E-state index contributed by atoms with van der Waals surface area (Å²) in [5, 5.41) is 4.70. The fourth-order valence-electron chi connectivity index (χ4n) is 2.83. The molecule has 1 aliphatic rings. The number of pyridine rings is 1. The first kappa shape index (κ1) is 16.7. The van der Waals surface area contributed by atoms with Crippen molar-refractivity contribution in [2.45, 2.75) is 39.3 Å². The van der Waals surface area contributed by atoms with Gasteiger partial charge in [0.05, 0.1) is 0 Å². The molecule has 0 unspecified atom stereocenters. The molecule has 7 heteroatoms. The Kier molecular flexibility index (Phi) is 5.30. The van der Waals surface area contributed by atoms with Gasteiger partial charge in [-0.25, -0.2) is 4.98 Å². The molecular weight excluding hydrogens is 324 g/mol. The van der Waals surface area contributed by atoms with E-state index in [1.54, 1.807) is 4.57 Å². The van der Waals surface area contributed by atoms with Gasteiger partial charge in [0.15, 0.2) is 0 Å². The molecule has 3 rings (SSSR count). The summed E-state index contributed by atoms with van der Waals surface area (Å²) < 4.78 is 1.64. The number of carbonyl (C=O) groups excluding carboxylic acids is 1. The number of aromatic nitrogens is 2. The van der Waals surface area contributed by atoms with Gasteiger partial charge >= 0.3 is 4.87 Å². The highest BCUT2D eigenvalue weighted by Gasteiger charge is 2.13. The SMILES string of the molecule is Cc1csc(=O)n1CCC(=O)NCc1ccc(N2CCCC2)nc1. The molecule has 1 aliphatic heterocycles. The average molecular weight is 346 g/mol. The van der Waals surface area contributed by atoms with Gasteiger partial charge in [-0.2, -0.15) is 0 Å². The Morgan fingerprint density at radius 3 is 2.75 bits per heavy atom. The predicted molar refractivity (Wildman–Crippen MR) is 95.5 cm³/mol. The van der Waals surface area contributed by atoms with E-state index in [1.807, 2.05) is 30.6 Å². The van der Waals surface area contributed by atoms with Crippen molar-refractivity contribution in [2.24, 2.45) is 0 Å². The number of hydrogen-bond acceptors (Lipinski definition) is 5. The van der Waals surface area contributed by atoms with E-state index in [0.717, 1.165) is 30.2 Å². The van der Waals surface area contributed by atoms with E-state index < -0.39 is 0 Å². The van der Waals surface area contributed by atoms with E-state index in [1.165, 1.54) is 24.2 Å². The van der Waals surface area contributed by atoms with Crippen molar-refractivity contribution in [3.05, 3.63) is 44.6 Å². The second-order valence-electron chi connectivity index (χ2n) is 6.04. The summed E-state index contributed by atoms with van der Waals surface area (Å²) in [6.45, 7) is 4.91. The molecule has 1 N–H and O–H groups in total. The molecule has 1 saturated heterocycles. The lowest BCUT2D eigenvalue weighted by Crippen LogP contribution is -2.26. The van der Waals surface area contributed by atoms with Gasteiger partial charge in [0.1, 0.15) is 5.82 Å². The molecule has 0 aliphatic carbocycles. The average Bonchev–Trinajstić information content (AvgIpc) is 3.23. The molecule has 6 nitrogen and oxygen atoms in total. The zero-order valence-electron chi connectivity index (χ0n) is 13.8. The molecule has 1 fully saturated rings. The van der Waals surface area contributed by atoms with Gasteiger partial charge in [-0.3, -0.25) is 9.59 Å². The minimum absolute atomic E-state index is 0.0120. The minimum Gasteiger partial charge on any atom is -0.357 e. The van der Waals surface area contributed by atoms with Crippen LogP contribution in [-0.2, 0) is 17.9 Å². The molecule has 3 heterocycles. The largest absolute Gasteiger partial charge is 0.357 e. The molecule has 2 aromatic heterocycles. The summed E-state index contributed by atoms with van der Waals surface area (Å²) in [5.74, 6) is 0.950. The minimum atomic E-state index is -0.0591. The highest BCUT2D eigenvalue weighted by Crippen LogP contribution is 2.17. The second-order valence-corrected chi connectivity index (χ2v) is 6.86. The first-order valence-corrected chi connectivity index (χ1v) is 9.13. The van der Waals surface area contributed by atoms with E-state index in [4.69, 9.17) is 0 Å². The first-order chi connectivity index (χ1) is 11.6. The number of anilines is 1. The number of amides is 1. The highest BCUT2D eigenvalue weighted by molar-refractivity contribution is 7.07. The van der Waals surface area contributed by atoms with Crippen LogP contribution in [-0.4, -0.2) is 28.5 Å². The molecule has 0 radical (unpaired) electrons. The third-order valence-corrected chi connectivity index (χ3v) is 5.15. The highest BCUT2D eigenvalue weighted by atomic mass is 32.1. The van der Waals surface area contributed by atoms with Crippen molar-refractivity contribution < 1.29 is 4.79 Å². The molecule has 1 amide bonds. The van der Waals surface area contributed by atoms with Crippen LogP contribution in [0.15, 0.2) is 28.5 Å². The Labute approximate surface area is 145 Å². The maximum absolute atomic E-state index is 12.0. The van der Waals surface area contributed by atoms with E-state index >= 15 is 0 Å². The van der Waals surface area contributed by atoms with Crippen LogP contribution >= 0.6 is 11.3 Å². The quantitative estimate of drug-likeness (QED) is 0.868.